The highest BCUT2D eigenvalue weighted by molar-refractivity contribution is 6.67. The van der Waals surface area contributed by atoms with Crippen LogP contribution < -0.4 is 5.32 Å². The van der Waals surface area contributed by atoms with Gasteiger partial charge >= 0.3 is 12.1 Å². The van der Waals surface area contributed by atoms with Crippen molar-refractivity contribution in [2.24, 2.45) is 0 Å². The molecule has 0 radical (unpaired) electrons. The lowest BCUT2D eigenvalue weighted by Crippen LogP contribution is -2.52. The highest BCUT2D eigenvalue weighted by Crippen LogP contribution is 2.30. The van der Waals surface area contributed by atoms with Crippen LogP contribution in [0.3, 0.4) is 0 Å². The maximum absolute atomic E-state index is 12.1. The van der Waals surface area contributed by atoms with Gasteiger partial charge in [-0.3, -0.25) is 0 Å². The van der Waals surface area contributed by atoms with E-state index in [1.165, 1.54) is 0 Å². The Hall–Kier alpha value is -1.17. The first kappa shape index (κ1) is 21.9. The first-order valence-electron chi connectivity index (χ1n) is 8.02. The number of hydrogen-bond donors (Lipinski definition) is 2. The van der Waals surface area contributed by atoms with Crippen molar-refractivity contribution >= 4 is 46.9 Å². The number of carboxylic acid groups (broad SMARTS) is 1. The van der Waals surface area contributed by atoms with Gasteiger partial charge < -0.3 is 15.2 Å². The molecular formula is C17H22Cl3NO4. The summed E-state index contributed by atoms with van der Waals surface area (Å²) in [7, 11) is 0. The summed E-state index contributed by atoms with van der Waals surface area (Å²) in [6.07, 6.45) is 2.79. The molecule has 0 aliphatic rings. The Balaban J connectivity index is 2.99. The maximum atomic E-state index is 12.1. The van der Waals surface area contributed by atoms with E-state index in [1.807, 2.05) is 0 Å². The molecule has 1 amide bonds. The molecule has 0 saturated carbocycles. The van der Waals surface area contributed by atoms with Crippen LogP contribution in [0.2, 0.25) is 0 Å². The average molecular weight is 411 g/mol. The van der Waals surface area contributed by atoms with Gasteiger partial charge in [-0.25, -0.2) is 9.59 Å². The number of ether oxygens (including phenoxy) is 1. The molecule has 0 unspecified atom stereocenters. The molecule has 0 heterocycles. The number of carboxylic acids is 1. The Labute approximate surface area is 162 Å². The lowest BCUT2D eigenvalue weighted by atomic mass is 9.84. The largest absolute Gasteiger partial charge is 0.479 e. The molecule has 2 N–H and O–H groups in total. The summed E-state index contributed by atoms with van der Waals surface area (Å²) in [6, 6.07) is 8.52. The van der Waals surface area contributed by atoms with E-state index in [-0.39, 0.29) is 6.42 Å². The zero-order valence-corrected chi connectivity index (χ0v) is 16.2. The normalized spacial score (nSPS) is 13.8. The predicted octanol–water partition coefficient (Wildman–Crippen LogP) is 5.03. The van der Waals surface area contributed by atoms with E-state index in [9.17, 15) is 14.7 Å². The van der Waals surface area contributed by atoms with E-state index in [2.05, 4.69) is 12.2 Å². The molecular weight excluding hydrogens is 389 g/mol. The van der Waals surface area contributed by atoms with E-state index >= 15 is 0 Å². The highest BCUT2D eigenvalue weighted by atomic mass is 35.6. The third-order valence-corrected chi connectivity index (χ3v) is 4.05. The molecule has 1 rings (SSSR count). The standard InChI is InChI=1S/C17H22Cl3NO4/c1-2-3-4-8-11-16(14(22)23,13-9-6-5-7-10-13)21-15(24)25-12-17(18,19)20/h5-7,9-10H,2-4,8,11-12H2,1H3,(H,21,24)(H,22,23)/t16-/m0/s1. The van der Waals surface area contributed by atoms with E-state index in [4.69, 9.17) is 39.5 Å². The topological polar surface area (TPSA) is 75.6 Å². The molecule has 1 aromatic rings. The van der Waals surface area contributed by atoms with Crippen LogP contribution in [-0.4, -0.2) is 27.6 Å². The predicted molar refractivity (Wildman–Crippen MR) is 99.3 cm³/mol. The molecule has 8 heteroatoms. The Kier molecular flexibility index (Phi) is 8.83. The minimum atomic E-state index is -1.77. The van der Waals surface area contributed by atoms with Gasteiger partial charge in [0.2, 0.25) is 3.79 Å². The number of halogens is 3. The summed E-state index contributed by atoms with van der Waals surface area (Å²) in [5.74, 6) is -1.17. The summed E-state index contributed by atoms with van der Waals surface area (Å²) in [5.41, 5.74) is -1.13. The minimum absolute atomic E-state index is 0.231. The fourth-order valence-corrected chi connectivity index (χ4v) is 2.62. The molecule has 0 aliphatic heterocycles. The number of hydrogen-bond acceptors (Lipinski definition) is 3. The summed E-state index contributed by atoms with van der Waals surface area (Å²) in [5, 5.41) is 12.3. The van der Waals surface area contributed by atoms with Crippen LogP contribution in [0.1, 0.15) is 44.6 Å². The summed E-state index contributed by atoms with van der Waals surface area (Å²) >= 11 is 16.7. The van der Waals surface area contributed by atoms with Crippen LogP contribution in [-0.2, 0) is 15.1 Å². The summed E-state index contributed by atoms with van der Waals surface area (Å²) in [6.45, 7) is 1.58. The SMILES string of the molecule is CCCCCC[C@@](NC(=O)OCC(Cl)(Cl)Cl)(C(=O)O)c1ccccc1. The van der Waals surface area contributed by atoms with Crippen LogP contribution in [0.25, 0.3) is 0 Å². The Bertz CT molecular complexity index is 563. The quantitative estimate of drug-likeness (QED) is 0.442. The molecule has 140 valence electrons. The van der Waals surface area contributed by atoms with Crippen molar-refractivity contribution in [1.29, 1.82) is 0 Å². The number of carbonyl (C=O) groups excluding carboxylic acids is 1. The number of carbonyl (C=O) groups is 2. The van der Waals surface area contributed by atoms with Crippen molar-refractivity contribution in [1.82, 2.24) is 5.32 Å². The van der Waals surface area contributed by atoms with Gasteiger partial charge in [0.05, 0.1) is 0 Å². The van der Waals surface area contributed by atoms with Gasteiger partial charge in [0.25, 0.3) is 0 Å². The van der Waals surface area contributed by atoms with E-state index in [1.54, 1.807) is 30.3 Å². The molecule has 0 aromatic heterocycles. The zero-order chi connectivity index (χ0) is 18.9. The second-order valence-electron chi connectivity index (χ2n) is 5.70. The van der Waals surface area contributed by atoms with Crippen LogP contribution in [0.5, 0.6) is 0 Å². The van der Waals surface area contributed by atoms with Crippen molar-refractivity contribution < 1.29 is 19.4 Å². The van der Waals surface area contributed by atoms with Gasteiger partial charge in [-0.1, -0.05) is 97.7 Å². The third kappa shape index (κ3) is 7.30. The van der Waals surface area contributed by atoms with E-state index in [0.29, 0.717) is 12.0 Å². The molecule has 0 spiro atoms. The fourth-order valence-electron chi connectivity index (χ4n) is 2.46. The van der Waals surface area contributed by atoms with Crippen LogP contribution in [0, 0.1) is 0 Å². The Morgan fingerprint density at radius 2 is 1.76 bits per heavy atom. The molecule has 1 atom stereocenters. The van der Waals surface area contributed by atoms with Gasteiger partial charge in [0.15, 0.2) is 5.54 Å². The number of aliphatic carboxylic acids is 1. The number of alkyl carbamates (subject to hydrolysis) is 1. The van der Waals surface area contributed by atoms with Crippen molar-refractivity contribution in [2.75, 3.05) is 6.61 Å². The summed E-state index contributed by atoms with van der Waals surface area (Å²) in [4.78, 5) is 24.2. The van der Waals surface area contributed by atoms with Crippen molar-refractivity contribution in [3.63, 3.8) is 0 Å². The van der Waals surface area contributed by atoms with Crippen molar-refractivity contribution in [2.45, 2.75) is 48.4 Å². The van der Waals surface area contributed by atoms with Crippen LogP contribution in [0.15, 0.2) is 30.3 Å². The molecule has 0 bridgehead atoms. The molecule has 0 fully saturated rings. The van der Waals surface area contributed by atoms with Crippen molar-refractivity contribution in [3.05, 3.63) is 35.9 Å². The average Bonchev–Trinajstić information content (AvgIpc) is 2.55. The zero-order valence-electron chi connectivity index (χ0n) is 13.9. The Morgan fingerprint density at radius 1 is 1.12 bits per heavy atom. The molecule has 0 aliphatic carbocycles. The van der Waals surface area contributed by atoms with Gasteiger partial charge in [0.1, 0.15) is 6.61 Å². The second kappa shape index (κ2) is 10.1. The second-order valence-corrected chi connectivity index (χ2v) is 8.22. The highest BCUT2D eigenvalue weighted by Gasteiger charge is 2.42. The first-order valence-corrected chi connectivity index (χ1v) is 9.15. The monoisotopic (exact) mass is 409 g/mol. The van der Waals surface area contributed by atoms with Crippen LogP contribution in [0.4, 0.5) is 4.79 Å². The minimum Gasteiger partial charge on any atom is -0.479 e. The number of amides is 1. The smallest absolute Gasteiger partial charge is 0.408 e. The lowest BCUT2D eigenvalue weighted by Gasteiger charge is -2.31. The number of benzene rings is 1. The number of unbranched alkanes of at least 4 members (excludes halogenated alkanes) is 3. The number of rotatable bonds is 9. The molecule has 5 nitrogen and oxygen atoms in total. The van der Waals surface area contributed by atoms with Gasteiger partial charge in [-0.2, -0.15) is 0 Å². The summed E-state index contributed by atoms with van der Waals surface area (Å²) < 4.78 is 3.09. The number of alkyl halides is 3. The van der Waals surface area contributed by atoms with Crippen LogP contribution >= 0.6 is 34.8 Å². The number of nitrogens with one attached hydrogen (secondary N) is 1. The molecule has 25 heavy (non-hydrogen) atoms. The molecule has 0 saturated heterocycles. The fraction of sp³-hybridized carbons (Fsp3) is 0.529. The van der Waals surface area contributed by atoms with Gasteiger partial charge in [-0.15, -0.1) is 0 Å². The van der Waals surface area contributed by atoms with Crippen molar-refractivity contribution in [3.8, 4) is 0 Å². The van der Waals surface area contributed by atoms with Gasteiger partial charge in [-0.05, 0) is 12.0 Å². The van der Waals surface area contributed by atoms with E-state index < -0.39 is 28.0 Å². The maximum Gasteiger partial charge on any atom is 0.408 e. The Morgan fingerprint density at radius 3 is 2.28 bits per heavy atom. The molecule has 1 aromatic carbocycles. The van der Waals surface area contributed by atoms with Gasteiger partial charge in [0, 0.05) is 0 Å². The van der Waals surface area contributed by atoms with E-state index in [0.717, 1.165) is 19.3 Å². The lowest BCUT2D eigenvalue weighted by molar-refractivity contribution is -0.145. The third-order valence-electron chi connectivity index (χ3n) is 3.72. The first-order chi connectivity index (χ1) is 11.7.